The highest BCUT2D eigenvalue weighted by Crippen LogP contribution is 2.27. The predicted molar refractivity (Wildman–Crippen MR) is 104 cm³/mol. The Bertz CT molecular complexity index is 785. The Kier molecular flexibility index (Phi) is 7.99. The monoisotopic (exact) mass is 412 g/mol. The van der Waals surface area contributed by atoms with Crippen molar-refractivity contribution < 1.29 is 18.7 Å². The Hall–Kier alpha value is -2.20. The maximum Gasteiger partial charge on any atom is 0.328 e. The summed E-state index contributed by atoms with van der Waals surface area (Å²) in [5, 5.41) is 14.1. The Morgan fingerprint density at radius 1 is 1.33 bits per heavy atom. The Balaban J connectivity index is 1.86. The van der Waals surface area contributed by atoms with Crippen molar-refractivity contribution in [3.63, 3.8) is 0 Å². The highest BCUT2D eigenvalue weighted by atomic mass is 32.2. The van der Waals surface area contributed by atoms with E-state index in [2.05, 4.69) is 20.8 Å². The molecule has 0 aliphatic rings. The highest BCUT2D eigenvalue weighted by Gasteiger charge is 2.22. The summed E-state index contributed by atoms with van der Waals surface area (Å²) in [6.07, 6.45) is 0.504. The number of carbonyl (C=O) groups excluding carboxylic acids is 2. The zero-order chi connectivity index (χ0) is 19.8. The van der Waals surface area contributed by atoms with Crippen LogP contribution in [-0.4, -0.2) is 41.0 Å². The van der Waals surface area contributed by atoms with Gasteiger partial charge in [-0.3, -0.25) is 4.79 Å². The molecular weight excluding hydrogens is 391 g/mol. The standard InChI is InChI=1S/C17H21FN4O3S2/c1-10(2)7-13(15(24)25-3)20-14(23)9-26-17-22-21-16(27-17)19-12-6-4-5-11(18)8-12/h4-6,8,10,13H,7,9H2,1-3H3,(H,19,21)(H,20,23)/t13-/m1/s1. The maximum absolute atomic E-state index is 13.2. The Morgan fingerprint density at radius 3 is 2.78 bits per heavy atom. The van der Waals surface area contributed by atoms with Crippen LogP contribution in [0.25, 0.3) is 0 Å². The molecule has 0 spiro atoms. The van der Waals surface area contributed by atoms with Gasteiger partial charge in [-0.1, -0.05) is 43.0 Å². The number of anilines is 2. The third-order valence-electron chi connectivity index (χ3n) is 3.34. The molecule has 0 saturated heterocycles. The fraction of sp³-hybridized carbons (Fsp3) is 0.412. The SMILES string of the molecule is COC(=O)[C@@H](CC(C)C)NC(=O)CSc1nnc(Nc2cccc(F)c2)s1. The van der Waals surface area contributed by atoms with Crippen LogP contribution in [0.3, 0.4) is 0 Å². The summed E-state index contributed by atoms with van der Waals surface area (Å²) in [5.41, 5.74) is 0.565. The number of amides is 1. The molecule has 0 bridgehead atoms. The topological polar surface area (TPSA) is 93.2 Å². The maximum atomic E-state index is 13.2. The van der Waals surface area contributed by atoms with Crippen LogP contribution in [0.5, 0.6) is 0 Å². The van der Waals surface area contributed by atoms with Crippen molar-refractivity contribution in [1.29, 1.82) is 0 Å². The van der Waals surface area contributed by atoms with Crippen LogP contribution in [0, 0.1) is 11.7 Å². The second-order valence-corrected chi connectivity index (χ2v) is 8.27. The largest absolute Gasteiger partial charge is 0.467 e. The lowest BCUT2D eigenvalue weighted by molar-refractivity contribution is -0.145. The fourth-order valence-corrected chi connectivity index (χ4v) is 3.78. The molecule has 7 nitrogen and oxygen atoms in total. The van der Waals surface area contributed by atoms with Crippen LogP contribution >= 0.6 is 23.1 Å². The summed E-state index contributed by atoms with van der Waals surface area (Å²) in [5.74, 6) is -0.760. The number of esters is 1. The van der Waals surface area contributed by atoms with Crippen molar-refractivity contribution in [2.75, 3.05) is 18.2 Å². The van der Waals surface area contributed by atoms with Crippen LogP contribution in [0.1, 0.15) is 20.3 Å². The summed E-state index contributed by atoms with van der Waals surface area (Å²) in [7, 11) is 1.30. The number of carbonyl (C=O) groups is 2. The number of rotatable bonds is 9. The first-order valence-electron chi connectivity index (χ1n) is 8.23. The minimum atomic E-state index is -0.664. The number of thioether (sulfide) groups is 1. The van der Waals surface area contributed by atoms with Gasteiger partial charge < -0.3 is 15.4 Å². The summed E-state index contributed by atoms with van der Waals surface area (Å²) >= 11 is 2.46. The molecule has 0 unspecified atom stereocenters. The highest BCUT2D eigenvalue weighted by molar-refractivity contribution is 8.01. The molecule has 27 heavy (non-hydrogen) atoms. The number of halogens is 1. The molecule has 2 aromatic rings. The van der Waals surface area contributed by atoms with E-state index < -0.39 is 12.0 Å². The van der Waals surface area contributed by atoms with Gasteiger partial charge in [0.15, 0.2) is 4.34 Å². The van der Waals surface area contributed by atoms with E-state index in [0.29, 0.717) is 21.6 Å². The van der Waals surface area contributed by atoms with Crippen LogP contribution in [0.15, 0.2) is 28.6 Å². The number of nitrogens with zero attached hydrogens (tertiary/aromatic N) is 2. The molecule has 1 atom stereocenters. The molecule has 1 heterocycles. The number of benzene rings is 1. The van der Waals surface area contributed by atoms with E-state index in [0.717, 1.165) is 0 Å². The summed E-state index contributed by atoms with van der Waals surface area (Å²) in [6, 6.07) is 5.35. The van der Waals surface area contributed by atoms with Gasteiger partial charge in [0.25, 0.3) is 0 Å². The predicted octanol–water partition coefficient (Wildman–Crippen LogP) is 3.22. The first-order chi connectivity index (χ1) is 12.9. The molecule has 0 radical (unpaired) electrons. The second-order valence-electron chi connectivity index (χ2n) is 6.07. The van der Waals surface area contributed by atoms with Crippen LogP contribution in [-0.2, 0) is 14.3 Å². The van der Waals surface area contributed by atoms with Crippen LogP contribution in [0.2, 0.25) is 0 Å². The van der Waals surface area contributed by atoms with Crippen molar-refractivity contribution in [2.45, 2.75) is 30.6 Å². The Morgan fingerprint density at radius 2 is 2.11 bits per heavy atom. The van der Waals surface area contributed by atoms with Crippen LogP contribution in [0.4, 0.5) is 15.2 Å². The van der Waals surface area contributed by atoms with Gasteiger partial charge in [-0.25, -0.2) is 9.18 Å². The van der Waals surface area contributed by atoms with Crippen molar-refractivity contribution in [1.82, 2.24) is 15.5 Å². The number of ether oxygens (including phenoxy) is 1. The molecule has 146 valence electrons. The van der Waals surface area contributed by atoms with Gasteiger partial charge in [0.2, 0.25) is 11.0 Å². The van der Waals surface area contributed by atoms with Gasteiger partial charge in [0, 0.05) is 5.69 Å². The van der Waals surface area contributed by atoms with Crippen molar-refractivity contribution in [3.8, 4) is 0 Å². The van der Waals surface area contributed by atoms with Crippen molar-refractivity contribution in [3.05, 3.63) is 30.1 Å². The average Bonchev–Trinajstić information content (AvgIpc) is 3.05. The van der Waals surface area contributed by atoms with E-state index in [1.807, 2.05) is 13.8 Å². The smallest absolute Gasteiger partial charge is 0.328 e. The van der Waals surface area contributed by atoms with Gasteiger partial charge in [0.1, 0.15) is 11.9 Å². The van der Waals surface area contributed by atoms with Gasteiger partial charge >= 0.3 is 5.97 Å². The third-order valence-corrected chi connectivity index (χ3v) is 5.31. The lowest BCUT2D eigenvalue weighted by atomic mass is 10.0. The Labute approximate surface area is 165 Å². The van der Waals surface area contributed by atoms with Gasteiger partial charge in [-0.15, -0.1) is 10.2 Å². The van der Waals surface area contributed by atoms with Gasteiger partial charge in [-0.05, 0) is 30.5 Å². The first kappa shape index (κ1) is 21.1. The summed E-state index contributed by atoms with van der Waals surface area (Å²) in [6.45, 7) is 3.93. The number of hydrogen-bond donors (Lipinski definition) is 2. The minimum absolute atomic E-state index is 0.0974. The number of nitrogens with one attached hydrogen (secondary N) is 2. The molecule has 0 aliphatic carbocycles. The van der Waals surface area contributed by atoms with E-state index in [1.165, 1.54) is 42.3 Å². The quantitative estimate of drug-likeness (QED) is 0.482. The summed E-state index contributed by atoms with van der Waals surface area (Å²) in [4.78, 5) is 23.9. The van der Waals surface area contributed by atoms with E-state index in [-0.39, 0.29) is 23.4 Å². The molecule has 1 amide bonds. The van der Waals surface area contributed by atoms with Gasteiger partial charge in [-0.2, -0.15) is 0 Å². The van der Waals surface area contributed by atoms with E-state index in [1.54, 1.807) is 12.1 Å². The van der Waals surface area contributed by atoms with Crippen LogP contribution < -0.4 is 10.6 Å². The van der Waals surface area contributed by atoms with E-state index in [9.17, 15) is 14.0 Å². The van der Waals surface area contributed by atoms with E-state index >= 15 is 0 Å². The average molecular weight is 413 g/mol. The number of aromatic nitrogens is 2. The second kappa shape index (κ2) is 10.2. The normalized spacial score (nSPS) is 11.9. The number of hydrogen-bond acceptors (Lipinski definition) is 8. The first-order valence-corrected chi connectivity index (χ1v) is 10.0. The van der Waals surface area contributed by atoms with Crippen molar-refractivity contribution in [2.24, 2.45) is 5.92 Å². The molecule has 1 aromatic heterocycles. The van der Waals surface area contributed by atoms with E-state index in [4.69, 9.17) is 4.74 Å². The molecule has 1 aromatic carbocycles. The zero-order valence-corrected chi connectivity index (χ0v) is 16.8. The van der Waals surface area contributed by atoms with Crippen molar-refractivity contribution >= 4 is 45.8 Å². The lowest BCUT2D eigenvalue weighted by Crippen LogP contribution is -2.43. The minimum Gasteiger partial charge on any atom is -0.467 e. The van der Waals surface area contributed by atoms with Gasteiger partial charge in [0.05, 0.1) is 12.9 Å². The molecule has 10 heteroatoms. The summed E-state index contributed by atoms with van der Waals surface area (Å²) < 4.78 is 18.5. The zero-order valence-electron chi connectivity index (χ0n) is 15.2. The molecule has 2 N–H and O–H groups in total. The number of methoxy groups -OCH3 is 1. The molecule has 0 aliphatic heterocycles. The molecule has 2 rings (SSSR count). The third kappa shape index (κ3) is 7.14. The fourth-order valence-electron chi connectivity index (χ4n) is 2.20. The molecule has 0 saturated carbocycles. The lowest BCUT2D eigenvalue weighted by Gasteiger charge is -2.17. The molecular formula is C17H21FN4O3S2. The molecule has 0 fully saturated rings.